The third-order valence-corrected chi connectivity index (χ3v) is 3.48. The number of benzene rings is 1. The first-order valence-corrected chi connectivity index (χ1v) is 8.27. The van der Waals surface area contributed by atoms with E-state index in [0.717, 1.165) is 0 Å². The lowest BCUT2D eigenvalue weighted by atomic mass is 10.0. The summed E-state index contributed by atoms with van der Waals surface area (Å²) in [6.45, 7) is 4.20. The van der Waals surface area contributed by atoms with Crippen LogP contribution < -0.4 is 25.8 Å². The number of carbonyl (C=O) groups excluding carboxylic acids is 3. The Morgan fingerprint density at radius 2 is 1.88 bits per heavy atom. The van der Waals surface area contributed by atoms with Crippen LogP contribution in [0.5, 0.6) is 11.5 Å². The Balaban J connectivity index is 1.86. The van der Waals surface area contributed by atoms with Gasteiger partial charge < -0.3 is 30.6 Å². The highest BCUT2D eigenvalue weighted by Crippen LogP contribution is 2.32. The molecule has 1 heterocycles. The molecule has 26 heavy (non-hydrogen) atoms. The monoisotopic (exact) mass is 365 g/mol. The minimum Gasteiger partial charge on any atom is -0.486 e. The molecule has 2 rings (SSSR count). The topological polar surface area (TPSA) is 129 Å². The zero-order valence-electron chi connectivity index (χ0n) is 14.7. The van der Waals surface area contributed by atoms with Gasteiger partial charge in [-0.25, -0.2) is 9.59 Å². The number of anilines is 1. The van der Waals surface area contributed by atoms with Crippen molar-refractivity contribution in [3.8, 4) is 11.5 Å². The van der Waals surface area contributed by atoms with Crippen LogP contribution in [-0.2, 0) is 14.3 Å². The van der Waals surface area contributed by atoms with Crippen LogP contribution >= 0.6 is 0 Å². The number of hydrogen-bond donors (Lipinski definition) is 3. The van der Waals surface area contributed by atoms with Crippen LogP contribution in [0.25, 0.3) is 0 Å². The SMILES string of the molecule is CC(C)C[C@H](NC(N)=O)C(=O)OCC(=O)Nc1ccc2c(c1)OCCO2. The Hall–Kier alpha value is -2.97. The average molecular weight is 365 g/mol. The number of amides is 3. The first kappa shape index (κ1) is 19.4. The first-order chi connectivity index (χ1) is 12.3. The normalized spacial score (nSPS) is 13.7. The third kappa shape index (κ3) is 5.83. The summed E-state index contributed by atoms with van der Waals surface area (Å²) in [7, 11) is 0. The van der Waals surface area contributed by atoms with Crippen LogP contribution in [0.3, 0.4) is 0 Å². The van der Waals surface area contributed by atoms with Crippen LogP contribution in [0.2, 0.25) is 0 Å². The zero-order valence-corrected chi connectivity index (χ0v) is 14.7. The smallest absolute Gasteiger partial charge is 0.329 e. The predicted molar refractivity (Wildman–Crippen MR) is 93.0 cm³/mol. The van der Waals surface area contributed by atoms with E-state index in [1.54, 1.807) is 18.2 Å². The van der Waals surface area contributed by atoms with Gasteiger partial charge in [-0.05, 0) is 24.5 Å². The predicted octanol–water partition coefficient (Wildman–Crippen LogP) is 1.02. The molecule has 9 nitrogen and oxygen atoms in total. The molecule has 0 saturated heterocycles. The average Bonchev–Trinajstić information content (AvgIpc) is 2.58. The summed E-state index contributed by atoms with van der Waals surface area (Å²) in [5.41, 5.74) is 5.55. The fourth-order valence-electron chi connectivity index (χ4n) is 2.41. The Labute approximate surface area is 151 Å². The number of ether oxygens (including phenoxy) is 3. The second kappa shape index (κ2) is 8.93. The lowest BCUT2D eigenvalue weighted by Gasteiger charge is -2.19. The molecule has 0 saturated carbocycles. The number of carbonyl (C=O) groups is 3. The van der Waals surface area contributed by atoms with E-state index in [2.05, 4.69) is 10.6 Å². The molecule has 0 radical (unpaired) electrons. The number of rotatable bonds is 7. The Morgan fingerprint density at radius 1 is 1.19 bits per heavy atom. The van der Waals surface area contributed by atoms with Crippen LogP contribution in [0.4, 0.5) is 10.5 Å². The van der Waals surface area contributed by atoms with E-state index in [0.29, 0.717) is 36.8 Å². The van der Waals surface area contributed by atoms with E-state index in [-0.39, 0.29) is 5.92 Å². The van der Waals surface area contributed by atoms with Crippen LogP contribution in [-0.4, -0.2) is 43.8 Å². The van der Waals surface area contributed by atoms with Crippen molar-refractivity contribution in [2.75, 3.05) is 25.1 Å². The van der Waals surface area contributed by atoms with Crippen molar-refractivity contribution in [1.82, 2.24) is 5.32 Å². The molecule has 0 aromatic heterocycles. The van der Waals surface area contributed by atoms with Crippen molar-refractivity contribution in [2.45, 2.75) is 26.3 Å². The standard InChI is InChI=1S/C17H23N3O6/c1-10(2)7-12(20-17(18)23)16(22)26-9-15(21)19-11-3-4-13-14(8-11)25-6-5-24-13/h3-4,8,10,12H,5-7,9H2,1-2H3,(H,19,21)(H3,18,20,23)/t12-/m0/s1. The summed E-state index contributed by atoms with van der Waals surface area (Å²) in [5.74, 6) is 0.0431. The number of nitrogens with one attached hydrogen (secondary N) is 2. The van der Waals surface area contributed by atoms with Gasteiger partial charge in [-0.3, -0.25) is 4.79 Å². The quantitative estimate of drug-likeness (QED) is 0.619. The molecular weight excluding hydrogens is 342 g/mol. The van der Waals surface area contributed by atoms with Gasteiger partial charge >= 0.3 is 12.0 Å². The summed E-state index contributed by atoms with van der Waals surface area (Å²) in [6, 6.07) is 3.25. The van der Waals surface area contributed by atoms with Gasteiger partial charge in [-0.1, -0.05) is 13.8 Å². The first-order valence-electron chi connectivity index (χ1n) is 8.27. The Morgan fingerprint density at radius 3 is 2.54 bits per heavy atom. The van der Waals surface area contributed by atoms with Gasteiger partial charge in [0, 0.05) is 11.8 Å². The molecule has 0 bridgehead atoms. The molecule has 0 unspecified atom stereocenters. The second-order valence-corrected chi connectivity index (χ2v) is 6.21. The molecule has 1 aromatic rings. The number of primary amides is 1. The van der Waals surface area contributed by atoms with Crippen molar-refractivity contribution in [3.63, 3.8) is 0 Å². The number of nitrogens with two attached hydrogens (primary N) is 1. The maximum Gasteiger partial charge on any atom is 0.329 e. The Kier molecular flexibility index (Phi) is 6.65. The van der Waals surface area contributed by atoms with Crippen molar-refractivity contribution in [2.24, 2.45) is 11.7 Å². The van der Waals surface area contributed by atoms with Crippen molar-refractivity contribution >= 4 is 23.6 Å². The maximum absolute atomic E-state index is 12.1. The molecule has 1 aliphatic rings. The number of hydrogen-bond acceptors (Lipinski definition) is 6. The van der Waals surface area contributed by atoms with Crippen molar-refractivity contribution < 1.29 is 28.6 Å². The van der Waals surface area contributed by atoms with Gasteiger partial charge in [0.15, 0.2) is 18.1 Å². The van der Waals surface area contributed by atoms with E-state index < -0.39 is 30.6 Å². The lowest BCUT2D eigenvalue weighted by molar-refractivity contribution is -0.149. The zero-order chi connectivity index (χ0) is 19.1. The summed E-state index contributed by atoms with van der Waals surface area (Å²) in [5, 5.41) is 4.92. The molecule has 1 aliphatic heterocycles. The fraction of sp³-hybridized carbons (Fsp3) is 0.471. The number of urea groups is 1. The summed E-state index contributed by atoms with van der Waals surface area (Å²) in [4.78, 5) is 35.0. The van der Waals surface area contributed by atoms with Crippen LogP contribution in [0, 0.1) is 5.92 Å². The largest absolute Gasteiger partial charge is 0.486 e. The molecular formula is C17H23N3O6. The van der Waals surface area contributed by atoms with E-state index in [1.807, 2.05) is 13.8 Å². The van der Waals surface area contributed by atoms with Gasteiger partial charge in [-0.15, -0.1) is 0 Å². The van der Waals surface area contributed by atoms with Gasteiger partial charge in [0.05, 0.1) is 0 Å². The highest BCUT2D eigenvalue weighted by molar-refractivity contribution is 5.93. The molecule has 1 atom stereocenters. The van der Waals surface area contributed by atoms with Gasteiger partial charge in [-0.2, -0.15) is 0 Å². The highest BCUT2D eigenvalue weighted by atomic mass is 16.6. The van der Waals surface area contributed by atoms with Crippen LogP contribution in [0.1, 0.15) is 20.3 Å². The molecule has 9 heteroatoms. The summed E-state index contributed by atoms with van der Waals surface area (Å²) in [6.07, 6.45) is 0.353. The molecule has 3 amide bonds. The minimum absolute atomic E-state index is 0.131. The number of esters is 1. The third-order valence-electron chi connectivity index (χ3n) is 3.48. The molecule has 1 aromatic carbocycles. The highest BCUT2D eigenvalue weighted by Gasteiger charge is 2.23. The number of fused-ring (bicyclic) bond motifs is 1. The van der Waals surface area contributed by atoms with E-state index in [4.69, 9.17) is 19.9 Å². The van der Waals surface area contributed by atoms with E-state index in [9.17, 15) is 14.4 Å². The summed E-state index contributed by atoms with van der Waals surface area (Å²) < 4.78 is 15.8. The van der Waals surface area contributed by atoms with E-state index >= 15 is 0 Å². The molecule has 4 N–H and O–H groups in total. The minimum atomic E-state index is -0.894. The fourth-order valence-corrected chi connectivity index (χ4v) is 2.41. The molecule has 0 aliphatic carbocycles. The van der Waals surface area contributed by atoms with Crippen molar-refractivity contribution in [3.05, 3.63) is 18.2 Å². The van der Waals surface area contributed by atoms with E-state index in [1.165, 1.54) is 0 Å². The van der Waals surface area contributed by atoms with Gasteiger partial charge in [0.1, 0.15) is 19.3 Å². The van der Waals surface area contributed by atoms with Gasteiger partial charge in [0.2, 0.25) is 0 Å². The van der Waals surface area contributed by atoms with Crippen LogP contribution in [0.15, 0.2) is 18.2 Å². The van der Waals surface area contributed by atoms with Crippen molar-refractivity contribution in [1.29, 1.82) is 0 Å². The summed E-state index contributed by atoms with van der Waals surface area (Å²) >= 11 is 0. The molecule has 142 valence electrons. The van der Waals surface area contributed by atoms with Gasteiger partial charge in [0.25, 0.3) is 5.91 Å². The molecule has 0 spiro atoms. The second-order valence-electron chi connectivity index (χ2n) is 6.21. The maximum atomic E-state index is 12.1. The molecule has 0 fully saturated rings. The Bertz CT molecular complexity index is 676. The lowest BCUT2D eigenvalue weighted by Crippen LogP contribution is -2.45.